The van der Waals surface area contributed by atoms with E-state index in [-0.39, 0.29) is 12.8 Å². The molecule has 0 fully saturated rings. The fourth-order valence-electron chi connectivity index (χ4n) is 2.50. The van der Waals surface area contributed by atoms with Crippen LogP contribution in [0.2, 0.25) is 0 Å². The highest BCUT2D eigenvalue weighted by Crippen LogP contribution is 2.22. The largest absolute Gasteiger partial charge is 0.480 e. The molecule has 21 heavy (non-hydrogen) atoms. The molecule has 0 bridgehead atoms. The van der Waals surface area contributed by atoms with Gasteiger partial charge in [-0.25, -0.2) is 4.79 Å². The maximum absolute atomic E-state index is 12.1. The van der Waals surface area contributed by atoms with Gasteiger partial charge < -0.3 is 16.2 Å². The Morgan fingerprint density at radius 2 is 1.95 bits per heavy atom. The summed E-state index contributed by atoms with van der Waals surface area (Å²) in [4.78, 5) is 33.9. The lowest BCUT2D eigenvalue weighted by molar-refractivity contribution is -0.139. The molecule has 0 radical (unpaired) electrons. The molecule has 0 spiro atoms. The number of hydrogen-bond donors (Lipinski definition) is 3. The lowest BCUT2D eigenvalue weighted by Gasteiger charge is -2.14. The molecule has 1 atom stereocenters. The van der Waals surface area contributed by atoms with Crippen molar-refractivity contribution in [1.82, 2.24) is 5.32 Å². The summed E-state index contributed by atoms with van der Waals surface area (Å²) < 4.78 is 0. The number of primary amides is 1. The van der Waals surface area contributed by atoms with Crippen molar-refractivity contribution >= 4 is 17.8 Å². The Balaban J connectivity index is 2.04. The van der Waals surface area contributed by atoms with Crippen LogP contribution in [0.1, 0.15) is 40.7 Å². The number of amides is 2. The molecule has 0 aromatic heterocycles. The Kier molecular flexibility index (Phi) is 4.57. The summed E-state index contributed by atoms with van der Waals surface area (Å²) in [5.41, 5.74) is 7.84. The van der Waals surface area contributed by atoms with Crippen LogP contribution in [0.15, 0.2) is 18.2 Å². The maximum Gasteiger partial charge on any atom is 0.326 e. The molecular formula is C15H18N2O4. The van der Waals surface area contributed by atoms with Crippen LogP contribution in [-0.2, 0) is 22.4 Å². The van der Waals surface area contributed by atoms with Crippen molar-refractivity contribution in [3.8, 4) is 0 Å². The van der Waals surface area contributed by atoms with Gasteiger partial charge in [0.15, 0.2) is 0 Å². The summed E-state index contributed by atoms with van der Waals surface area (Å²) in [5.74, 6) is -2.21. The molecule has 0 aliphatic heterocycles. The van der Waals surface area contributed by atoms with Crippen LogP contribution in [0.4, 0.5) is 0 Å². The molecule has 112 valence electrons. The first-order chi connectivity index (χ1) is 9.97. The van der Waals surface area contributed by atoms with Gasteiger partial charge in [0.1, 0.15) is 6.04 Å². The average Bonchev–Trinajstić information content (AvgIpc) is 2.89. The molecule has 2 amide bonds. The first kappa shape index (κ1) is 15.0. The van der Waals surface area contributed by atoms with Gasteiger partial charge in [0, 0.05) is 12.0 Å². The van der Waals surface area contributed by atoms with E-state index in [4.69, 9.17) is 10.8 Å². The molecule has 0 heterocycles. The van der Waals surface area contributed by atoms with E-state index in [2.05, 4.69) is 5.32 Å². The number of carboxylic acid groups (broad SMARTS) is 1. The van der Waals surface area contributed by atoms with Gasteiger partial charge >= 0.3 is 5.97 Å². The number of nitrogens with one attached hydrogen (secondary N) is 1. The van der Waals surface area contributed by atoms with Gasteiger partial charge in [0.2, 0.25) is 5.91 Å². The van der Waals surface area contributed by atoms with Gasteiger partial charge in [-0.3, -0.25) is 9.59 Å². The number of fused-ring (bicyclic) bond motifs is 1. The molecule has 6 heteroatoms. The Labute approximate surface area is 122 Å². The van der Waals surface area contributed by atoms with Crippen molar-refractivity contribution in [3.05, 3.63) is 34.9 Å². The van der Waals surface area contributed by atoms with E-state index in [1.54, 1.807) is 6.07 Å². The van der Waals surface area contributed by atoms with E-state index < -0.39 is 23.8 Å². The minimum absolute atomic E-state index is 0.0126. The van der Waals surface area contributed by atoms with Crippen LogP contribution in [0.5, 0.6) is 0 Å². The van der Waals surface area contributed by atoms with Crippen LogP contribution < -0.4 is 11.1 Å². The van der Waals surface area contributed by atoms with Crippen molar-refractivity contribution < 1.29 is 19.5 Å². The predicted octanol–water partition coefficient (Wildman–Crippen LogP) is 0.624. The summed E-state index contributed by atoms with van der Waals surface area (Å²) in [6.07, 6.45) is 2.95. The Bertz CT molecular complexity index is 583. The highest BCUT2D eigenvalue weighted by Gasteiger charge is 2.22. The Hall–Kier alpha value is -2.37. The van der Waals surface area contributed by atoms with Crippen LogP contribution in [-0.4, -0.2) is 28.9 Å². The van der Waals surface area contributed by atoms with Gasteiger partial charge in [-0.1, -0.05) is 6.07 Å². The molecule has 1 unspecified atom stereocenters. The minimum Gasteiger partial charge on any atom is -0.480 e. The zero-order chi connectivity index (χ0) is 15.4. The maximum atomic E-state index is 12.1. The number of nitrogens with two attached hydrogens (primary N) is 1. The first-order valence-corrected chi connectivity index (χ1v) is 6.91. The molecule has 0 saturated carbocycles. The third kappa shape index (κ3) is 3.81. The highest BCUT2D eigenvalue weighted by molar-refractivity contribution is 5.97. The molecule has 2 rings (SSSR count). The molecule has 1 aliphatic carbocycles. The second-order valence-electron chi connectivity index (χ2n) is 5.21. The van der Waals surface area contributed by atoms with Gasteiger partial charge in [-0.15, -0.1) is 0 Å². The first-order valence-electron chi connectivity index (χ1n) is 6.91. The molecule has 0 saturated heterocycles. The smallest absolute Gasteiger partial charge is 0.326 e. The quantitative estimate of drug-likeness (QED) is 0.713. The van der Waals surface area contributed by atoms with Crippen molar-refractivity contribution in [1.29, 1.82) is 0 Å². The third-order valence-corrected chi connectivity index (χ3v) is 3.64. The van der Waals surface area contributed by atoms with E-state index in [1.807, 2.05) is 12.1 Å². The Morgan fingerprint density at radius 1 is 1.24 bits per heavy atom. The van der Waals surface area contributed by atoms with Gasteiger partial charge in [-0.05, 0) is 48.9 Å². The molecule has 1 aromatic carbocycles. The highest BCUT2D eigenvalue weighted by atomic mass is 16.4. The van der Waals surface area contributed by atoms with Crippen molar-refractivity contribution in [2.75, 3.05) is 0 Å². The zero-order valence-electron chi connectivity index (χ0n) is 11.6. The molecular weight excluding hydrogens is 272 g/mol. The SMILES string of the molecule is NC(=O)CCC(NC(=O)c1ccc2c(c1)CCC2)C(=O)O. The second-order valence-corrected chi connectivity index (χ2v) is 5.21. The summed E-state index contributed by atoms with van der Waals surface area (Å²) in [7, 11) is 0. The number of carbonyl (C=O) groups is 3. The standard InChI is InChI=1S/C15H18N2O4/c16-13(18)7-6-12(15(20)21)17-14(19)11-5-4-9-2-1-3-10(9)8-11/h4-5,8,12H,1-3,6-7H2,(H2,16,18)(H,17,19)(H,20,21). The van der Waals surface area contributed by atoms with Crippen LogP contribution in [0, 0.1) is 0 Å². The van der Waals surface area contributed by atoms with Crippen molar-refractivity contribution in [2.24, 2.45) is 5.73 Å². The average molecular weight is 290 g/mol. The molecule has 1 aromatic rings. The van der Waals surface area contributed by atoms with Crippen LogP contribution >= 0.6 is 0 Å². The lowest BCUT2D eigenvalue weighted by Crippen LogP contribution is -2.41. The number of aryl methyl sites for hydroxylation is 2. The molecule has 4 N–H and O–H groups in total. The monoisotopic (exact) mass is 290 g/mol. The van der Waals surface area contributed by atoms with E-state index in [0.717, 1.165) is 24.8 Å². The van der Waals surface area contributed by atoms with Gasteiger partial charge in [0.05, 0.1) is 0 Å². The lowest BCUT2D eigenvalue weighted by atomic mass is 10.1. The number of aliphatic carboxylic acids is 1. The van der Waals surface area contributed by atoms with Crippen molar-refractivity contribution in [2.45, 2.75) is 38.1 Å². The number of benzene rings is 1. The summed E-state index contributed by atoms with van der Waals surface area (Å²) in [6, 6.07) is 4.31. The number of rotatable bonds is 6. The van der Waals surface area contributed by atoms with Gasteiger partial charge in [0.25, 0.3) is 5.91 Å². The number of carbonyl (C=O) groups excluding carboxylic acids is 2. The predicted molar refractivity (Wildman–Crippen MR) is 75.8 cm³/mol. The number of hydrogen-bond acceptors (Lipinski definition) is 3. The van der Waals surface area contributed by atoms with E-state index >= 15 is 0 Å². The molecule has 6 nitrogen and oxygen atoms in total. The second kappa shape index (κ2) is 6.39. The summed E-state index contributed by atoms with van der Waals surface area (Å²) in [6.45, 7) is 0. The zero-order valence-corrected chi connectivity index (χ0v) is 11.6. The van der Waals surface area contributed by atoms with E-state index in [1.165, 1.54) is 5.56 Å². The third-order valence-electron chi connectivity index (χ3n) is 3.64. The van der Waals surface area contributed by atoms with Crippen LogP contribution in [0.25, 0.3) is 0 Å². The minimum atomic E-state index is -1.18. The normalized spacial score (nSPS) is 14.3. The van der Waals surface area contributed by atoms with E-state index in [0.29, 0.717) is 5.56 Å². The summed E-state index contributed by atoms with van der Waals surface area (Å²) in [5, 5.41) is 11.5. The fraction of sp³-hybridized carbons (Fsp3) is 0.400. The fourth-order valence-corrected chi connectivity index (χ4v) is 2.50. The van der Waals surface area contributed by atoms with Crippen LogP contribution in [0.3, 0.4) is 0 Å². The van der Waals surface area contributed by atoms with Crippen molar-refractivity contribution in [3.63, 3.8) is 0 Å². The summed E-state index contributed by atoms with van der Waals surface area (Å²) >= 11 is 0. The topological polar surface area (TPSA) is 109 Å². The number of carboxylic acids is 1. The Morgan fingerprint density at radius 3 is 2.62 bits per heavy atom. The van der Waals surface area contributed by atoms with E-state index in [9.17, 15) is 14.4 Å². The van der Waals surface area contributed by atoms with Gasteiger partial charge in [-0.2, -0.15) is 0 Å². The molecule has 1 aliphatic rings.